The van der Waals surface area contributed by atoms with Crippen LogP contribution in [0.25, 0.3) is 0 Å². The van der Waals surface area contributed by atoms with Crippen molar-refractivity contribution in [3.05, 3.63) is 29.8 Å². The minimum Gasteiger partial charge on any atom is -0.326 e. The molecule has 21 heavy (non-hydrogen) atoms. The Kier molecular flexibility index (Phi) is 5.09. The van der Waals surface area contributed by atoms with Crippen LogP contribution < -0.4 is 11.1 Å². The molecule has 5 heteroatoms. The van der Waals surface area contributed by atoms with Crippen LogP contribution >= 0.6 is 0 Å². The summed E-state index contributed by atoms with van der Waals surface area (Å²) in [5.41, 5.74) is 7.29. The number of nitrogens with one attached hydrogen (secondary N) is 1. The van der Waals surface area contributed by atoms with Crippen molar-refractivity contribution in [1.29, 1.82) is 0 Å². The minimum atomic E-state index is -0.0718. The molecule has 3 N–H and O–H groups in total. The third kappa shape index (κ3) is 4.37. The zero-order chi connectivity index (χ0) is 15.4. The lowest BCUT2D eigenvalue weighted by Crippen LogP contribution is -2.49. The monoisotopic (exact) mass is 289 g/mol. The fourth-order valence-corrected chi connectivity index (χ4v) is 2.53. The Morgan fingerprint density at radius 3 is 2.86 bits per heavy atom. The van der Waals surface area contributed by atoms with Crippen LogP contribution in [0.4, 0.5) is 5.69 Å². The number of Topliss-reactive ketones (excluding diaryl/α,β-unsaturated/α-hetero) is 1. The minimum absolute atomic E-state index is 0.0120. The third-order valence-electron chi connectivity index (χ3n) is 4.02. The van der Waals surface area contributed by atoms with Crippen LogP contribution in [0, 0.1) is 5.92 Å². The van der Waals surface area contributed by atoms with E-state index in [0.29, 0.717) is 23.7 Å². The lowest BCUT2D eigenvalue weighted by Gasteiger charge is -2.34. The number of hydrogen-bond donors (Lipinski definition) is 2. The lowest BCUT2D eigenvalue weighted by atomic mass is 9.94. The van der Waals surface area contributed by atoms with Gasteiger partial charge in [0.2, 0.25) is 5.91 Å². The van der Waals surface area contributed by atoms with E-state index >= 15 is 0 Å². The molecule has 1 saturated heterocycles. The summed E-state index contributed by atoms with van der Waals surface area (Å²) in [5, 5.41) is 2.84. The summed E-state index contributed by atoms with van der Waals surface area (Å²) in [5.74, 6) is 0.427. The Balaban J connectivity index is 1.90. The maximum Gasteiger partial charge on any atom is 0.238 e. The molecule has 0 radical (unpaired) electrons. The van der Waals surface area contributed by atoms with Gasteiger partial charge in [-0.05, 0) is 37.9 Å². The first-order chi connectivity index (χ1) is 9.95. The Hall–Kier alpha value is -1.72. The van der Waals surface area contributed by atoms with Gasteiger partial charge in [-0.1, -0.05) is 19.1 Å². The van der Waals surface area contributed by atoms with Crippen molar-refractivity contribution in [2.24, 2.45) is 11.7 Å². The molecule has 1 heterocycles. The molecule has 0 aromatic heterocycles. The van der Waals surface area contributed by atoms with Gasteiger partial charge in [-0.15, -0.1) is 0 Å². The van der Waals surface area contributed by atoms with Crippen LogP contribution in [0.1, 0.15) is 30.6 Å². The van der Waals surface area contributed by atoms with Crippen molar-refractivity contribution in [3.8, 4) is 0 Å². The number of benzene rings is 1. The highest BCUT2D eigenvalue weighted by Gasteiger charge is 2.24. The van der Waals surface area contributed by atoms with Crippen LogP contribution in [0.5, 0.6) is 0 Å². The highest BCUT2D eigenvalue weighted by atomic mass is 16.2. The predicted molar refractivity (Wildman–Crippen MR) is 83.3 cm³/mol. The summed E-state index contributed by atoms with van der Waals surface area (Å²) in [4.78, 5) is 25.5. The number of anilines is 1. The molecule has 1 aliphatic heterocycles. The van der Waals surface area contributed by atoms with Gasteiger partial charge in [-0.3, -0.25) is 14.5 Å². The number of nitrogens with zero attached hydrogens (tertiary/aromatic N) is 1. The van der Waals surface area contributed by atoms with Gasteiger partial charge in [-0.2, -0.15) is 0 Å². The zero-order valence-electron chi connectivity index (χ0n) is 12.6. The maximum absolute atomic E-state index is 12.1. The first-order valence-electron chi connectivity index (χ1n) is 7.34. The highest BCUT2D eigenvalue weighted by molar-refractivity contribution is 5.97. The average Bonchev–Trinajstić information content (AvgIpc) is 2.43. The second-order valence-corrected chi connectivity index (χ2v) is 5.85. The second kappa shape index (κ2) is 6.83. The Morgan fingerprint density at radius 1 is 1.43 bits per heavy atom. The molecule has 2 rings (SSSR count). The Bertz CT molecular complexity index is 530. The van der Waals surface area contributed by atoms with E-state index in [1.807, 2.05) is 0 Å². The van der Waals surface area contributed by atoms with Crippen molar-refractivity contribution >= 4 is 17.4 Å². The zero-order valence-corrected chi connectivity index (χ0v) is 12.6. The van der Waals surface area contributed by atoms with Gasteiger partial charge in [0.1, 0.15) is 0 Å². The van der Waals surface area contributed by atoms with E-state index in [4.69, 9.17) is 5.73 Å². The van der Waals surface area contributed by atoms with Crippen LogP contribution in [-0.4, -0.2) is 42.3 Å². The summed E-state index contributed by atoms with van der Waals surface area (Å²) in [6.07, 6.45) is 1.02. The first kappa shape index (κ1) is 15.7. The summed E-state index contributed by atoms with van der Waals surface area (Å²) < 4.78 is 0. The Labute approximate surface area is 125 Å². The normalized spacial score (nSPS) is 22.8. The van der Waals surface area contributed by atoms with E-state index in [-0.39, 0.29) is 17.7 Å². The van der Waals surface area contributed by atoms with Crippen molar-refractivity contribution in [1.82, 2.24) is 4.90 Å². The maximum atomic E-state index is 12.1. The Morgan fingerprint density at radius 2 is 2.19 bits per heavy atom. The number of hydrogen-bond acceptors (Lipinski definition) is 4. The highest BCUT2D eigenvalue weighted by Crippen LogP contribution is 2.16. The van der Waals surface area contributed by atoms with E-state index < -0.39 is 0 Å². The summed E-state index contributed by atoms with van der Waals surface area (Å²) >= 11 is 0. The third-order valence-corrected chi connectivity index (χ3v) is 4.02. The fraction of sp³-hybridized carbons (Fsp3) is 0.500. The number of piperidine rings is 1. The molecule has 2 unspecified atom stereocenters. The quantitative estimate of drug-likeness (QED) is 0.824. The van der Waals surface area contributed by atoms with E-state index in [9.17, 15) is 9.59 Å². The van der Waals surface area contributed by atoms with Gasteiger partial charge in [0.25, 0.3) is 0 Å². The van der Waals surface area contributed by atoms with Gasteiger partial charge in [0.15, 0.2) is 5.78 Å². The van der Waals surface area contributed by atoms with Gasteiger partial charge < -0.3 is 11.1 Å². The topological polar surface area (TPSA) is 75.4 Å². The van der Waals surface area contributed by atoms with Crippen molar-refractivity contribution in [3.63, 3.8) is 0 Å². The van der Waals surface area contributed by atoms with Gasteiger partial charge in [0, 0.05) is 23.8 Å². The number of rotatable bonds is 4. The molecule has 0 aliphatic carbocycles. The molecule has 2 atom stereocenters. The largest absolute Gasteiger partial charge is 0.326 e. The van der Waals surface area contributed by atoms with Crippen molar-refractivity contribution < 1.29 is 9.59 Å². The number of carbonyl (C=O) groups is 2. The van der Waals surface area contributed by atoms with Crippen molar-refractivity contribution in [2.75, 3.05) is 25.0 Å². The summed E-state index contributed by atoms with van der Waals surface area (Å²) in [7, 11) is 0. The molecular weight excluding hydrogens is 266 g/mol. The first-order valence-corrected chi connectivity index (χ1v) is 7.34. The molecule has 5 nitrogen and oxygen atoms in total. The number of ketones is 1. The van der Waals surface area contributed by atoms with Gasteiger partial charge >= 0.3 is 0 Å². The molecule has 1 fully saturated rings. The molecule has 1 aromatic carbocycles. The van der Waals surface area contributed by atoms with Crippen LogP contribution in [0.2, 0.25) is 0 Å². The summed E-state index contributed by atoms with van der Waals surface area (Å²) in [6, 6.07) is 7.12. The standard InChI is InChI=1S/C16H23N3O2/c1-11-6-7-19(9-15(11)17)10-16(21)18-14-5-3-4-13(8-14)12(2)20/h3-5,8,11,15H,6-7,9-10,17H2,1-2H3,(H,18,21). The molecule has 1 aromatic rings. The molecule has 0 bridgehead atoms. The second-order valence-electron chi connectivity index (χ2n) is 5.85. The number of likely N-dealkylation sites (tertiary alicyclic amines) is 1. The van der Waals surface area contributed by atoms with E-state index in [2.05, 4.69) is 17.1 Å². The predicted octanol–water partition coefficient (Wildman–Crippen LogP) is 1.50. The average molecular weight is 289 g/mol. The molecule has 0 spiro atoms. The number of amides is 1. The number of carbonyl (C=O) groups excluding carboxylic acids is 2. The van der Waals surface area contributed by atoms with Gasteiger partial charge in [-0.25, -0.2) is 0 Å². The van der Waals surface area contributed by atoms with Crippen LogP contribution in [0.3, 0.4) is 0 Å². The summed E-state index contributed by atoms with van der Waals surface area (Å²) in [6.45, 7) is 5.65. The van der Waals surface area contributed by atoms with Crippen LogP contribution in [-0.2, 0) is 4.79 Å². The molecule has 1 aliphatic rings. The fourth-order valence-electron chi connectivity index (χ4n) is 2.53. The van der Waals surface area contributed by atoms with E-state index in [1.54, 1.807) is 24.3 Å². The molecular formula is C16H23N3O2. The SMILES string of the molecule is CC(=O)c1cccc(NC(=O)CN2CCC(C)C(N)C2)c1. The van der Waals surface area contributed by atoms with E-state index in [1.165, 1.54) is 6.92 Å². The van der Waals surface area contributed by atoms with Gasteiger partial charge in [0.05, 0.1) is 6.54 Å². The van der Waals surface area contributed by atoms with Crippen molar-refractivity contribution in [2.45, 2.75) is 26.3 Å². The van der Waals surface area contributed by atoms with Crippen LogP contribution in [0.15, 0.2) is 24.3 Å². The lowest BCUT2D eigenvalue weighted by molar-refractivity contribution is -0.117. The molecule has 0 saturated carbocycles. The number of nitrogens with two attached hydrogens (primary N) is 1. The molecule has 1 amide bonds. The van der Waals surface area contributed by atoms with E-state index in [0.717, 1.165) is 19.5 Å². The molecule has 114 valence electrons. The smallest absolute Gasteiger partial charge is 0.238 e.